The summed E-state index contributed by atoms with van der Waals surface area (Å²) in [5, 5.41) is 0.694. The summed E-state index contributed by atoms with van der Waals surface area (Å²) in [6.07, 6.45) is 6.41. The van der Waals surface area contributed by atoms with Crippen LogP contribution < -0.4 is 14.4 Å². The molecule has 0 saturated heterocycles. The molecule has 7 nitrogen and oxygen atoms in total. The van der Waals surface area contributed by atoms with Crippen molar-refractivity contribution in [1.82, 2.24) is 14.5 Å². The molecule has 2 aromatic heterocycles. The molecule has 0 N–H and O–H groups in total. The molecule has 1 atom stereocenters. The molecule has 0 aliphatic carbocycles. The molecule has 33 heavy (non-hydrogen) atoms. The van der Waals surface area contributed by atoms with Crippen molar-refractivity contribution in [3.63, 3.8) is 0 Å². The number of thiazole rings is 1. The van der Waals surface area contributed by atoms with Gasteiger partial charge in [0.05, 0.1) is 16.5 Å². The van der Waals surface area contributed by atoms with Crippen molar-refractivity contribution < 1.29 is 14.3 Å². The fourth-order valence-electron chi connectivity index (χ4n) is 3.84. The van der Waals surface area contributed by atoms with Crippen molar-refractivity contribution in [3.8, 4) is 11.5 Å². The average Bonchev–Trinajstić information content (AvgIpc) is 3.50. The summed E-state index contributed by atoms with van der Waals surface area (Å²) >= 11 is 1.54. The number of halogens is 1. The number of aryl methyl sites for hydroxylation is 2. The van der Waals surface area contributed by atoms with E-state index in [0.717, 1.165) is 29.6 Å². The Bertz CT molecular complexity index is 1230. The first-order chi connectivity index (χ1) is 15.7. The van der Waals surface area contributed by atoms with Crippen molar-refractivity contribution in [2.45, 2.75) is 32.4 Å². The fourth-order valence-corrected chi connectivity index (χ4v) is 4.89. The van der Waals surface area contributed by atoms with E-state index in [2.05, 4.69) is 24.0 Å². The zero-order valence-electron chi connectivity index (χ0n) is 18.2. The van der Waals surface area contributed by atoms with Crippen LogP contribution in [0.4, 0.5) is 5.13 Å². The van der Waals surface area contributed by atoms with Crippen LogP contribution in [0.25, 0.3) is 10.2 Å². The monoisotopic (exact) mass is 484 g/mol. The van der Waals surface area contributed by atoms with E-state index in [1.165, 1.54) is 16.9 Å². The van der Waals surface area contributed by atoms with E-state index < -0.39 is 6.10 Å². The van der Waals surface area contributed by atoms with Crippen LogP contribution >= 0.6 is 23.7 Å². The van der Waals surface area contributed by atoms with Crippen LogP contribution in [-0.2, 0) is 17.8 Å². The van der Waals surface area contributed by atoms with Crippen molar-refractivity contribution >= 4 is 45.0 Å². The fraction of sp³-hybridized carbons (Fsp3) is 0.292. The van der Waals surface area contributed by atoms with Crippen LogP contribution in [0.1, 0.15) is 18.9 Å². The molecule has 0 spiro atoms. The van der Waals surface area contributed by atoms with Crippen molar-refractivity contribution in [3.05, 3.63) is 66.7 Å². The molecule has 1 aliphatic rings. The van der Waals surface area contributed by atoms with Gasteiger partial charge < -0.3 is 14.0 Å². The zero-order chi connectivity index (χ0) is 21.9. The van der Waals surface area contributed by atoms with Gasteiger partial charge in [0.15, 0.2) is 16.6 Å². The van der Waals surface area contributed by atoms with Gasteiger partial charge in [-0.15, -0.1) is 12.4 Å². The Hall–Kier alpha value is -3.10. The van der Waals surface area contributed by atoms with Gasteiger partial charge in [0.2, 0.25) is 6.10 Å². The van der Waals surface area contributed by atoms with Gasteiger partial charge in [0.25, 0.3) is 5.91 Å². The largest absolute Gasteiger partial charge is 0.485 e. The molecule has 2 aromatic carbocycles. The number of para-hydroxylation sites is 3. The molecule has 9 heteroatoms. The van der Waals surface area contributed by atoms with Crippen molar-refractivity contribution in [2.24, 2.45) is 0 Å². The summed E-state index contributed by atoms with van der Waals surface area (Å²) in [4.78, 5) is 24.3. The minimum atomic E-state index is -0.712. The zero-order valence-corrected chi connectivity index (χ0v) is 19.8. The summed E-state index contributed by atoms with van der Waals surface area (Å²) in [5.41, 5.74) is 2.15. The van der Waals surface area contributed by atoms with E-state index >= 15 is 0 Å². The van der Waals surface area contributed by atoms with E-state index in [1.807, 2.05) is 41.1 Å². The number of benzene rings is 2. The number of ether oxygens (including phenoxy) is 2. The lowest BCUT2D eigenvalue weighted by molar-refractivity contribution is -0.127. The second-order valence-corrected chi connectivity index (χ2v) is 8.63. The highest BCUT2D eigenvalue weighted by Gasteiger charge is 2.33. The van der Waals surface area contributed by atoms with Crippen LogP contribution in [0, 0.1) is 0 Å². The van der Waals surface area contributed by atoms with E-state index in [4.69, 9.17) is 14.5 Å². The van der Waals surface area contributed by atoms with Gasteiger partial charge >= 0.3 is 0 Å². The third-order valence-corrected chi connectivity index (χ3v) is 6.55. The van der Waals surface area contributed by atoms with Gasteiger partial charge in [-0.3, -0.25) is 9.69 Å². The Labute approximate surface area is 202 Å². The minimum absolute atomic E-state index is 0. The number of imidazole rings is 1. The number of rotatable bonds is 7. The number of aromatic nitrogens is 3. The van der Waals surface area contributed by atoms with E-state index in [9.17, 15) is 4.79 Å². The second-order valence-electron chi connectivity index (χ2n) is 7.62. The maximum Gasteiger partial charge on any atom is 0.273 e. The van der Waals surface area contributed by atoms with Gasteiger partial charge in [0, 0.05) is 25.5 Å². The number of hydrogen-bond donors (Lipinski definition) is 0. The SMILES string of the molecule is CCc1cccc2sc(N(CCCn3ccnc3)C(=O)C3COc4ccccc4O3)nc12.Cl. The normalized spacial score (nSPS) is 14.6. The number of fused-ring (bicyclic) bond motifs is 2. The summed E-state index contributed by atoms with van der Waals surface area (Å²) in [5.74, 6) is 1.12. The number of nitrogens with zero attached hydrogens (tertiary/aromatic N) is 4. The first-order valence-electron chi connectivity index (χ1n) is 10.8. The first kappa shape index (κ1) is 23.1. The lowest BCUT2D eigenvalue weighted by Crippen LogP contribution is -2.47. The summed E-state index contributed by atoms with van der Waals surface area (Å²) in [6.45, 7) is 3.59. The highest BCUT2D eigenvalue weighted by Crippen LogP contribution is 2.34. The van der Waals surface area contributed by atoms with Crippen molar-refractivity contribution in [1.29, 1.82) is 0 Å². The van der Waals surface area contributed by atoms with Crippen LogP contribution in [0.3, 0.4) is 0 Å². The van der Waals surface area contributed by atoms with Crippen LogP contribution in [-0.4, -0.2) is 39.7 Å². The molecule has 4 aromatic rings. The third kappa shape index (κ3) is 4.82. The van der Waals surface area contributed by atoms with E-state index in [-0.39, 0.29) is 24.9 Å². The highest BCUT2D eigenvalue weighted by atomic mass is 35.5. The molecular weight excluding hydrogens is 460 g/mol. The number of carbonyl (C=O) groups excluding carboxylic acids is 1. The van der Waals surface area contributed by atoms with E-state index in [1.54, 1.807) is 17.4 Å². The molecule has 3 heterocycles. The van der Waals surface area contributed by atoms with Gasteiger partial charge in [-0.2, -0.15) is 0 Å². The summed E-state index contributed by atoms with van der Waals surface area (Å²) in [7, 11) is 0. The number of carbonyl (C=O) groups is 1. The standard InChI is InChI=1S/C24H24N4O3S.ClH/c1-2-17-7-5-10-21-22(17)26-24(32-21)28(13-6-12-27-14-11-25-16-27)23(29)20-15-30-18-8-3-4-9-19(18)31-20;/h3-5,7-11,14,16,20H,2,6,12-13,15H2,1H3;1H. The Morgan fingerprint density at radius 3 is 2.85 bits per heavy atom. The molecule has 0 bridgehead atoms. The van der Waals surface area contributed by atoms with Gasteiger partial charge in [0.1, 0.15) is 6.61 Å². The van der Waals surface area contributed by atoms with Crippen LogP contribution in [0.2, 0.25) is 0 Å². The molecule has 1 unspecified atom stereocenters. The van der Waals surface area contributed by atoms with Gasteiger partial charge in [-0.25, -0.2) is 9.97 Å². The Kier molecular flexibility index (Phi) is 7.15. The number of hydrogen-bond acceptors (Lipinski definition) is 6. The van der Waals surface area contributed by atoms with Gasteiger partial charge in [-0.05, 0) is 36.6 Å². The molecule has 1 aliphatic heterocycles. The minimum Gasteiger partial charge on any atom is -0.485 e. The quantitative estimate of drug-likeness (QED) is 0.379. The Balaban J connectivity index is 0.00000259. The summed E-state index contributed by atoms with van der Waals surface area (Å²) in [6, 6.07) is 13.6. The highest BCUT2D eigenvalue weighted by molar-refractivity contribution is 7.22. The Morgan fingerprint density at radius 2 is 2.06 bits per heavy atom. The predicted molar refractivity (Wildman–Crippen MR) is 132 cm³/mol. The topological polar surface area (TPSA) is 69.5 Å². The molecule has 1 amide bonds. The summed E-state index contributed by atoms with van der Waals surface area (Å²) < 4.78 is 14.9. The molecule has 0 saturated carbocycles. The van der Waals surface area contributed by atoms with Gasteiger partial charge in [-0.1, -0.05) is 42.5 Å². The smallest absolute Gasteiger partial charge is 0.273 e. The first-order valence-corrected chi connectivity index (χ1v) is 11.6. The molecular formula is C24H25ClN4O3S. The maximum absolute atomic E-state index is 13.6. The maximum atomic E-state index is 13.6. The second kappa shape index (κ2) is 10.2. The molecule has 5 rings (SSSR count). The number of amides is 1. The average molecular weight is 485 g/mol. The third-order valence-electron chi connectivity index (χ3n) is 5.51. The van der Waals surface area contributed by atoms with Crippen LogP contribution in [0.15, 0.2) is 61.2 Å². The lowest BCUT2D eigenvalue weighted by atomic mass is 10.1. The van der Waals surface area contributed by atoms with E-state index in [0.29, 0.717) is 23.2 Å². The molecule has 0 radical (unpaired) electrons. The molecule has 172 valence electrons. The molecule has 0 fully saturated rings. The van der Waals surface area contributed by atoms with Crippen molar-refractivity contribution in [2.75, 3.05) is 18.1 Å². The van der Waals surface area contributed by atoms with Crippen LogP contribution in [0.5, 0.6) is 11.5 Å². The number of anilines is 1. The predicted octanol–water partition coefficient (Wildman–Crippen LogP) is 4.74. The lowest BCUT2D eigenvalue weighted by Gasteiger charge is -2.29. The Morgan fingerprint density at radius 1 is 1.21 bits per heavy atom.